The second-order valence-electron chi connectivity index (χ2n) is 5.15. The number of para-hydroxylation sites is 1. The summed E-state index contributed by atoms with van der Waals surface area (Å²) >= 11 is 3.46. The van der Waals surface area contributed by atoms with Crippen molar-refractivity contribution in [2.75, 3.05) is 0 Å². The summed E-state index contributed by atoms with van der Waals surface area (Å²) in [5.41, 5.74) is 3.39. The van der Waals surface area contributed by atoms with Crippen LogP contribution in [0.25, 0.3) is 10.9 Å². The Morgan fingerprint density at radius 1 is 1.00 bits per heavy atom. The minimum absolute atomic E-state index is 0.298. The average Bonchev–Trinajstić information content (AvgIpc) is 2.53. The third kappa shape index (κ3) is 3.49. The lowest BCUT2D eigenvalue weighted by atomic mass is 10.1. The molecule has 21 heavy (non-hydrogen) atoms. The lowest BCUT2D eigenvalue weighted by Crippen LogP contribution is -2.18. The lowest BCUT2D eigenvalue weighted by Gasteiger charge is -2.14. The molecule has 3 aromatic rings. The van der Waals surface area contributed by atoms with E-state index in [4.69, 9.17) is 0 Å². The summed E-state index contributed by atoms with van der Waals surface area (Å²) in [5.74, 6) is 0. The van der Waals surface area contributed by atoms with E-state index in [1.807, 2.05) is 12.1 Å². The van der Waals surface area contributed by atoms with Crippen LogP contribution in [0.3, 0.4) is 0 Å². The number of nitrogens with zero attached hydrogens (tertiary/aromatic N) is 1. The summed E-state index contributed by atoms with van der Waals surface area (Å²) in [4.78, 5) is 4.68. The molecule has 1 aromatic heterocycles. The Morgan fingerprint density at radius 2 is 1.76 bits per heavy atom. The molecule has 2 aromatic carbocycles. The molecule has 0 saturated carbocycles. The smallest absolute Gasteiger partial charge is 0.0705 e. The molecule has 106 valence electrons. The van der Waals surface area contributed by atoms with Crippen LogP contribution < -0.4 is 5.32 Å². The van der Waals surface area contributed by atoms with Gasteiger partial charge in [0.25, 0.3) is 0 Å². The first-order chi connectivity index (χ1) is 10.2. The molecule has 0 amide bonds. The second kappa shape index (κ2) is 6.37. The molecule has 0 saturated heterocycles. The van der Waals surface area contributed by atoms with Gasteiger partial charge in [0.2, 0.25) is 0 Å². The van der Waals surface area contributed by atoms with Crippen molar-refractivity contribution < 1.29 is 0 Å². The van der Waals surface area contributed by atoms with Crippen molar-refractivity contribution in [1.29, 1.82) is 0 Å². The fourth-order valence-corrected chi connectivity index (χ4v) is 2.60. The molecule has 1 unspecified atom stereocenters. The van der Waals surface area contributed by atoms with Gasteiger partial charge in [-0.05, 0) is 36.8 Å². The number of benzene rings is 2. The topological polar surface area (TPSA) is 24.9 Å². The monoisotopic (exact) mass is 340 g/mol. The highest BCUT2D eigenvalue weighted by atomic mass is 79.9. The molecule has 1 heterocycles. The van der Waals surface area contributed by atoms with Gasteiger partial charge in [-0.15, -0.1) is 0 Å². The summed E-state index contributed by atoms with van der Waals surface area (Å²) in [5, 5.41) is 4.70. The molecule has 0 aliphatic heterocycles. The summed E-state index contributed by atoms with van der Waals surface area (Å²) < 4.78 is 1.11. The first kappa shape index (κ1) is 14.2. The van der Waals surface area contributed by atoms with Gasteiger partial charge in [0.15, 0.2) is 0 Å². The third-order valence-corrected chi connectivity index (χ3v) is 4.14. The maximum absolute atomic E-state index is 4.68. The molecule has 1 N–H and O–H groups in total. The van der Waals surface area contributed by atoms with Gasteiger partial charge in [-0.2, -0.15) is 0 Å². The first-order valence-electron chi connectivity index (χ1n) is 7.06. The Bertz CT molecular complexity index is 738. The maximum Gasteiger partial charge on any atom is 0.0705 e. The molecule has 0 bridgehead atoms. The predicted octanol–water partition coefficient (Wildman–Crippen LogP) is 4.85. The summed E-state index contributed by atoms with van der Waals surface area (Å²) in [6.07, 6.45) is 0. The van der Waals surface area contributed by atoms with Gasteiger partial charge in [0.1, 0.15) is 0 Å². The molecule has 0 spiro atoms. The van der Waals surface area contributed by atoms with Crippen LogP contribution in [0, 0.1) is 0 Å². The molecular formula is C18H17BrN2. The molecule has 0 radical (unpaired) electrons. The van der Waals surface area contributed by atoms with Crippen LogP contribution in [0.2, 0.25) is 0 Å². The molecule has 0 fully saturated rings. The number of rotatable bonds is 4. The minimum Gasteiger partial charge on any atom is -0.305 e. The van der Waals surface area contributed by atoms with E-state index in [1.165, 1.54) is 10.9 Å². The van der Waals surface area contributed by atoms with Gasteiger partial charge in [0.05, 0.1) is 11.2 Å². The number of fused-ring (bicyclic) bond motifs is 1. The van der Waals surface area contributed by atoms with Crippen molar-refractivity contribution in [2.24, 2.45) is 0 Å². The van der Waals surface area contributed by atoms with Crippen molar-refractivity contribution in [3.8, 4) is 0 Å². The summed E-state index contributed by atoms with van der Waals surface area (Å²) in [6.45, 7) is 2.94. The van der Waals surface area contributed by atoms with Crippen LogP contribution in [-0.4, -0.2) is 4.98 Å². The standard InChI is InChI=1S/C18H17BrN2/c1-13(14-6-9-16(19)10-7-14)20-12-17-11-8-15-4-2-3-5-18(15)21-17/h2-11,13,20H,12H2,1H3. The van der Waals surface area contributed by atoms with Crippen LogP contribution >= 0.6 is 15.9 Å². The van der Waals surface area contributed by atoms with E-state index in [1.54, 1.807) is 0 Å². The number of nitrogens with one attached hydrogen (secondary N) is 1. The molecule has 3 rings (SSSR count). The highest BCUT2D eigenvalue weighted by molar-refractivity contribution is 9.10. The van der Waals surface area contributed by atoms with E-state index < -0.39 is 0 Å². The molecule has 0 aliphatic rings. The van der Waals surface area contributed by atoms with Gasteiger partial charge >= 0.3 is 0 Å². The average molecular weight is 341 g/mol. The molecular weight excluding hydrogens is 324 g/mol. The zero-order valence-corrected chi connectivity index (χ0v) is 13.5. The second-order valence-corrected chi connectivity index (χ2v) is 6.07. The van der Waals surface area contributed by atoms with Crippen molar-refractivity contribution in [3.05, 3.63) is 76.4 Å². The number of hydrogen-bond acceptors (Lipinski definition) is 2. The minimum atomic E-state index is 0.298. The Morgan fingerprint density at radius 3 is 2.57 bits per heavy atom. The predicted molar refractivity (Wildman–Crippen MR) is 91.1 cm³/mol. The number of pyridine rings is 1. The van der Waals surface area contributed by atoms with E-state index in [9.17, 15) is 0 Å². The van der Waals surface area contributed by atoms with Gasteiger partial charge in [0, 0.05) is 22.4 Å². The van der Waals surface area contributed by atoms with Crippen LogP contribution in [0.5, 0.6) is 0 Å². The van der Waals surface area contributed by atoms with E-state index in [2.05, 4.69) is 81.7 Å². The highest BCUT2D eigenvalue weighted by Crippen LogP contribution is 2.17. The fourth-order valence-electron chi connectivity index (χ4n) is 2.33. The third-order valence-electron chi connectivity index (χ3n) is 3.62. The SMILES string of the molecule is CC(NCc1ccc2ccccc2n1)c1ccc(Br)cc1. The van der Waals surface area contributed by atoms with Gasteiger partial charge in [-0.3, -0.25) is 4.98 Å². The number of aromatic nitrogens is 1. The molecule has 1 atom stereocenters. The van der Waals surface area contributed by atoms with Crippen molar-refractivity contribution in [1.82, 2.24) is 10.3 Å². The normalized spacial score (nSPS) is 12.5. The van der Waals surface area contributed by atoms with E-state index in [0.717, 1.165) is 22.2 Å². The van der Waals surface area contributed by atoms with Crippen molar-refractivity contribution in [2.45, 2.75) is 19.5 Å². The lowest BCUT2D eigenvalue weighted by molar-refractivity contribution is 0.568. The number of hydrogen-bond donors (Lipinski definition) is 1. The van der Waals surface area contributed by atoms with Crippen LogP contribution in [-0.2, 0) is 6.54 Å². The summed E-state index contributed by atoms with van der Waals surface area (Å²) in [6, 6.07) is 21.1. The van der Waals surface area contributed by atoms with Crippen molar-refractivity contribution in [3.63, 3.8) is 0 Å². The Hall–Kier alpha value is -1.71. The fraction of sp³-hybridized carbons (Fsp3) is 0.167. The van der Waals surface area contributed by atoms with Gasteiger partial charge in [-0.1, -0.05) is 52.3 Å². The van der Waals surface area contributed by atoms with E-state index in [0.29, 0.717) is 6.04 Å². The number of halogens is 1. The van der Waals surface area contributed by atoms with Gasteiger partial charge in [-0.25, -0.2) is 0 Å². The molecule has 3 heteroatoms. The zero-order valence-electron chi connectivity index (χ0n) is 11.9. The molecule has 0 aliphatic carbocycles. The Labute approximate surface area is 133 Å². The van der Waals surface area contributed by atoms with Gasteiger partial charge < -0.3 is 5.32 Å². The quantitative estimate of drug-likeness (QED) is 0.734. The zero-order chi connectivity index (χ0) is 14.7. The Kier molecular flexibility index (Phi) is 4.32. The van der Waals surface area contributed by atoms with Crippen LogP contribution in [0.1, 0.15) is 24.2 Å². The highest BCUT2D eigenvalue weighted by Gasteiger charge is 2.05. The van der Waals surface area contributed by atoms with Crippen LogP contribution in [0.4, 0.5) is 0 Å². The van der Waals surface area contributed by atoms with E-state index >= 15 is 0 Å². The first-order valence-corrected chi connectivity index (χ1v) is 7.85. The summed E-state index contributed by atoms with van der Waals surface area (Å²) in [7, 11) is 0. The Balaban J connectivity index is 1.69. The largest absolute Gasteiger partial charge is 0.305 e. The molecule has 2 nitrogen and oxygen atoms in total. The van der Waals surface area contributed by atoms with Crippen molar-refractivity contribution >= 4 is 26.8 Å². The van der Waals surface area contributed by atoms with E-state index in [-0.39, 0.29) is 0 Å². The maximum atomic E-state index is 4.68. The van der Waals surface area contributed by atoms with Crippen LogP contribution in [0.15, 0.2) is 65.1 Å².